The van der Waals surface area contributed by atoms with Crippen LogP contribution in [0.4, 0.5) is 5.82 Å². The molecule has 0 aliphatic rings. The molecule has 5 heteroatoms. The van der Waals surface area contributed by atoms with E-state index in [0.717, 1.165) is 22.5 Å². The summed E-state index contributed by atoms with van der Waals surface area (Å²) in [6.07, 6.45) is 1.63. The first kappa shape index (κ1) is 16.6. The molecule has 0 saturated heterocycles. The first-order valence-corrected chi connectivity index (χ1v) is 8.15. The summed E-state index contributed by atoms with van der Waals surface area (Å²) in [6.45, 7) is 2.19. The molecule has 0 spiro atoms. The van der Waals surface area contributed by atoms with Gasteiger partial charge in [0.15, 0.2) is 0 Å². The standard InChI is InChI=1S/C20H19N3O2/c1-2-25-18(24)14-21-17-13-22-19(15-9-5-3-6-10-15)20(23-17)16-11-7-4-8-12-16/h3-13H,2,14H2,1H3,(H,21,23). The van der Waals surface area contributed by atoms with Crippen LogP contribution < -0.4 is 5.32 Å². The van der Waals surface area contributed by atoms with Crippen molar-refractivity contribution >= 4 is 11.8 Å². The van der Waals surface area contributed by atoms with E-state index in [0.29, 0.717) is 12.4 Å². The van der Waals surface area contributed by atoms with Gasteiger partial charge in [-0.1, -0.05) is 60.7 Å². The van der Waals surface area contributed by atoms with Gasteiger partial charge in [-0.05, 0) is 6.92 Å². The second-order valence-electron chi connectivity index (χ2n) is 5.34. The Kier molecular flexibility index (Phi) is 5.36. The third kappa shape index (κ3) is 4.20. The van der Waals surface area contributed by atoms with Crippen molar-refractivity contribution in [2.24, 2.45) is 0 Å². The number of carbonyl (C=O) groups excluding carboxylic acids is 1. The fraction of sp³-hybridized carbons (Fsp3) is 0.150. The molecule has 3 aromatic rings. The number of esters is 1. The van der Waals surface area contributed by atoms with Crippen LogP contribution in [0.3, 0.4) is 0 Å². The highest BCUT2D eigenvalue weighted by molar-refractivity contribution is 5.79. The van der Waals surface area contributed by atoms with Gasteiger partial charge >= 0.3 is 5.97 Å². The number of aromatic nitrogens is 2. The van der Waals surface area contributed by atoms with Crippen LogP contribution in [0.2, 0.25) is 0 Å². The van der Waals surface area contributed by atoms with Gasteiger partial charge in [0.05, 0.1) is 24.2 Å². The molecule has 0 amide bonds. The van der Waals surface area contributed by atoms with Crippen molar-refractivity contribution in [3.05, 3.63) is 66.9 Å². The van der Waals surface area contributed by atoms with Crippen molar-refractivity contribution < 1.29 is 9.53 Å². The molecule has 2 aromatic carbocycles. The Morgan fingerprint density at radius 3 is 2.16 bits per heavy atom. The van der Waals surface area contributed by atoms with Gasteiger partial charge in [-0.3, -0.25) is 9.78 Å². The number of benzene rings is 2. The summed E-state index contributed by atoms with van der Waals surface area (Å²) >= 11 is 0. The summed E-state index contributed by atoms with van der Waals surface area (Å²) in [6, 6.07) is 19.8. The van der Waals surface area contributed by atoms with E-state index in [-0.39, 0.29) is 12.5 Å². The van der Waals surface area contributed by atoms with E-state index in [1.165, 1.54) is 0 Å². The molecule has 5 nitrogen and oxygen atoms in total. The van der Waals surface area contributed by atoms with Gasteiger partial charge in [-0.2, -0.15) is 0 Å². The number of rotatable bonds is 6. The second kappa shape index (κ2) is 8.06. The van der Waals surface area contributed by atoms with Gasteiger partial charge in [0, 0.05) is 11.1 Å². The molecular formula is C20H19N3O2. The van der Waals surface area contributed by atoms with Crippen LogP contribution in [0.15, 0.2) is 66.9 Å². The van der Waals surface area contributed by atoms with Crippen LogP contribution in [0.1, 0.15) is 6.92 Å². The first-order valence-electron chi connectivity index (χ1n) is 8.15. The minimum Gasteiger partial charge on any atom is -0.465 e. The summed E-state index contributed by atoms with van der Waals surface area (Å²) in [5.41, 5.74) is 3.52. The molecule has 0 atom stereocenters. The predicted octanol–water partition coefficient (Wildman–Crippen LogP) is 3.79. The van der Waals surface area contributed by atoms with Gasteiger partial charge < -0.3 is 10.1 Å². The maximum absolute atomic E-state index is 11.5. The third-order valence-electron chi connectivity index (χ3n) is 3.59. The van der Waals surface area contributed by atoms with Crippen LogP contribution in [-0.2, 0) is 9.53 Å². The summed E-state index contributed by atoms with van der Waals surface area (Å²) in [4.78, 5) is 20.8. The largest absolute Gasteiger partial charge is 0.465 e. The van der Waals surface area contributed by atoms with E-state index < -0.39 is 0 Å². The summed E-state index contributed by atoms with van der Waals surface area (Å²) in [5.74, 6) is 0.212. The predicted molar refractivity (Wildman–Crippen MR) is 98.0 cm³/mol. The molecule has 0 saturated carbocycles. The molecule has 3 rings (SSSR count). The fourth-order valence-electron chi connectivity index (χ4n) is 2.45. The Morgan fingerprint density at radius 2 is 1.56 bits per heavy atom. The maximum atomic E-state index is 11.5. The molecule has 0 unspecified atom stereocenters. The van der Waals surface area contributed by atoms with Crippen LogP contribution in [-0.4, -0.2) is 29.1 Å². The normalized spacial score (nSPS) is 10.3. The zero-order valence-electron chi connectivity index (χ0n) is 14.0. The monoisotopic (exact) mass is 333 g/mol. The van der Waals surface area contributed by atoms with Gasteiger partial charge in [0.25, 0.3) is 0 Å². The van der Waals surface area contributed by atoms with Gasteiger partial charge in [0.2, 0.25) is 0 Å². The van der Waals surface area contributed by atoms with E-state index in [1.807, 2.05) is 60.7 Å². The van der Waals surface area contributed by atoms with Crippen LogP contribution in [0, 0.1) is 0 Å². The topological polar surface area (TPSA) is 64.1 Å². The van der Waals surface area contributed by atoms with E-state index in [2.05, 4.69) is 15.3 Å². The van der Waals surface area contributed by atoms with Crippen molar-refractivity contribution in [3.63, 3.8) is 0 Å². The zero-order valence-corrected chi connectivity index (χ0v) is 14.0. The highest BCUT2D eigenvalue weighted by Crippen LogP contribution is 2.29. The molecule has 126 valence electrons. The van der Waals surface area contributed by atoms with Crippen molar-refractivity contribution in [3.8, 4) is 22.5 Å². The van der Waals surface area contributed by atoms with Gasteiger partial charge in [-0.15, -0.1) is 0 Å². The van der Waals surface area contributed by atoms with Crippen molar-refractivity contribution in [2.45, 2.75) is 6.92 Å². The lowest BCUT2D eigenvalue weighted by atomic mass is 10.0. The lowest BCUT2D eigenvalue weighted by Crippen LogP contribution is -2.17. The second-order valence-corrected chi connectivity index (χ2v) is 5.34. The van der Waals surface area contributed by atoms with Gasteiger partial charge in [-0.25, -0.2) is 4.98 Å². The highest BCUT2D eigenvalue weighted by Gasteiger charge is 2.12. The smallest absolute Gasteiger partial charge is 0.325 e. The average molecular weight is 333 g/mol. The molecule has 1 heterocycles. The lowest BCUT2D eigenvalue weighted by molar-refractivity contribution is -0.140. The number of hydrogen-bond acceptors (Lipinski definition) is 5. The molecule has 1 aromatic heterocycles. The Bertz CT molecular complexity index is 836. The minimum absolute atomic E-state index is 0.0570. The summed E-state index contributed by atoms with van der Waals surface area (Å²) in [7, 11) is 0. The maximum Gasteiger partial charge on any atom is 0.325 e. The molecule has 0 fully saturated rings. The Morgan fingerprint density at radius 1 is 0.960 bits per heavy atom. The molecule has 25 heavy (non-hydrogen) atoms. The van der Waals surface area contributed by atoms with E-state index in [4.69, 9.17) is 4.74 Å². The lowest BCUT2D eigenvalue weighted by Gasteiger charge is -2.11. The molecule has 1 N–H and O–H groups in total. The summed E-state index contributed by atoms with van der Waals surface area (Å²) in [5, 5.41) is 2.97. The molecular weight excluding hydrogens is 314 g/mol. The van der Waals surface area contributed by atoms with Crippen molar-refractivity contribution in [1.82, 2.24) is 9.97 Å². The van der Waals surface area contributed by atoms with Gasteiger partial charge in [0.1, 0.15) is 12.4 Å². The Hall–Kier alpha value is -3.21. The minimum atomic E-state index is -0.322. The average Bonchev–Trinajstić information content (AvgIpc) is 2.68. The Labute approximate surface area is 146 Å². The van der Waals surface area contributed by atoms with Crippen molar-refractivity contribution in [1.29, 1.82) is 0 Å². The molecule has 0 aliphatic heterocycles. The van der Waals surface area contributed by atoms with E-state index in [1.54, 1.807) is 13.1 Å². The first-order chi connectivity index (χ1) is 12.3. The Balaban J connectivity index is 1.95. The quantitative estimate of drug-likeness (QED) is 0.695. The third-order valence-corrected chi connectivity index (χ3v) is 3.59. The number of anilines is 1. The zero-order chi connectivity index (χ0) is 17.5. The van der Waals surface area contributed by atoms with E-state index in [9.17, 15) is 4.79 Å². The summed E-state index contributed by atoms with van der Waals surface area (Å²) < 4.78 is 4.92. The molecule has 0 radical (unpaired) electrons. The number of carbonyl (C=O) groups is 1. The SMILES string of the molecule is CCOC(=O)CNc1cnc(-c2ccccc2)c(-c2ccccc2)n1. The molecule has 0 aliphatic carbocycles. The van der Waals surface area contributed by atoms with Crippen LogP contribution in [0.5, 0.6) is 0 Å². The van der Waals surface area contributed by atoms with E-state index >= 15 is 0 Å². The fourth-order valence-corrected chi connectivity index (χ4v) is 2.45. The van der Waals surface area contributed by atoms with Crippen LogP contribution in [0.25, 0.3) is 22.5 Å². The van der Waals surface area contributed by atoms with Crippen LogP contribution >= 0.6 is 0 Å². The number of ether oxygens (including phenoxy) is 1. The molecule has 0 bridgehead atoms. The van der Waals surface area contributed by atoms with Crippen molar-refractivity contribution in [2.75, 3.05) is 18.5 Å². The highest BCUT2D eigenvalue weighted by atomic mass is 16.5. The number of nitrogens with zero attached hydrogens (tertiary/aromatic N) is 2. The number of hydrogen-bond donors (Lipinski definition) is 1. The number of nitrogens with one attached hydrogen (secondary N) is 1.